The predicted octanol–water partition coefficient (Wildman–Crippen LogP) is 4.54. The molecule has 0 fully saturated rings. The maximum atomic E-state index is 12.9. The summed E-state index contributed by atoms with van der Waals surface area (Å²) in [6.45, 7) is 3.79. The van der Waals surface area contributed by atoms with Crippen molar-refractivity contribution in [2.75, 3.05) is 4.90 Å². The first-order chi connectivity index (χ1) is 10.3. The van der Waals surface area contributed by atoms with Gasteiger partial charge in [-0.15, -0.1) is 0 Å². The van der Waals surface area contributed by atoms with E-state index < -0.39 is 11.7 Å². The zero-order valence-electron chi connectivity index (χ0n) is 12.2. The fourth-order valence-electron chi connectivity index (χ4n) is 2.84. The second-order valence-corrected chi connectivity index (χ2v) is 5.59. The molecular formula is C17H14F3NO. The van der Waals surface area contributed by atoms with Crippen molar-refractivity contribution in [3.63, 3.8) is 0 Å². The van der Waals surface area contributed by atoms with E-state index in [-0.39, 0.29) is 12.3 Å². The van der Waals surface area contributed by atoms with Gasteiger partial charge in [0.1, 0.15) is 0 Å². The highest BCUT2D eigenvalue weighted by atomic mass is 19.4. The molecule has 5 heteroatoms. The number of halogens is 3. The highest BCUT2D eigenvalue weighted by molar-refractivity contribution is 6.07. The van der Waals surface area contributed by atoms with Crippen molar-refractivity contribution >= 4 is 17.3 Å². The number of rotatable bonds is 1. The average Bonchev–Trinajstić information content (AvgIpc) is 2.71. The Kier molecular flexibility index (Phi) is 3.24. The molecule has 0 N–H and O–H groups in total. The summed E-state index contributed by atoms with van der Waals surface area (Å²) in [6.07, 6.45) is -4.30. The molecule has 114 valence electrons. The number of fused-ring (bicyclic) bond motifs is 1. The Morgan fingerprint density at radius 2 is 1.64 bits per heavy atom. The molecule has 2 aromatic rings. The zero-order chi connectivity index (χ0) is 16.1. The van der Waals surface area contributed by atoms with Gasteiger partial charge < -0.3 is 0 Å². The monoisotopic (exact) mass is 305 g/mol. The van der Waals surface area contributed by atoms with Crippen LogP contribution in [0.3, 0.4) is 0 Å². The third-order valence-electron chi connectivity index (χ3n) is 3.71. The average molecular weight is 305 g/mol. The summed E-state index contributed by atoms with van der Waals surface area (Å²) in [5.74, 6) is -0.209. The smallest absolute Gasteiger partial charge is 0.280 e. The molecule has 0 aromatic heterocycles. The highest BCUT2D eigenvalue weighted by Gasteiger charge is 2.35. The number of hydrogen-bond donors (Lipinski definition) is 0. The molecule has 0 unspecified atom stereocenters. The topological polar surface area (TPSA) is 20.3 Å². The fourth-order valence-corrected chi connectivity index (χ4v) is 2.84. The fraction of sp³-hybridized carbons (Fsp3) is 0.235. The maximum Gasteiger partial charge on any atom is 0.416 e. The van der Waals surface area contributed by atoms with Crippen LogP contribution in [-0.2, 0) is 17.4 Å². The first kappa shape index (κ1) is 14.6. The summed E-state index contributed by atoms with van der Waals surface area (Å²) in [6, 6.07) is 9.03. The van der Waals surface area contributed by atoms with Crippen LogP contribution < -0.4 is 4.90 Å². The van der Waals surface area contributed by atoms with E-state index in [2.05, 4.69) is 0 Å². The van der Waals surface area contributed by atoms with Crippen molar-refractivity contribution in [1.82, 2.24) is 0 Å². The number of amides is 1. The van der Waals surface area contributed by atoms with E-state index in [0.29, 0.717) is 16.9 Å². The zero-order valence-corrected chi connectivity index (χ0v) is 12.2. The van der Waals surface area contributed by atoms with Gasteiger partial charge in [0.05, 0.1) is 17.7 Å². The van der Waals surface area contributed by atoms with Crippen LogP contribution in [0.4, 0.5) is 24.5 Å². The molecule has 0 saturated heterocycles. The van der Waals surface area contributed by atoms with Gasteiger partial charge in [0, 0.05) is 5.69 Å². The Morgan fingerprint density at radius 3 is 2.23 bits per heavy atom. The van der Waals surface area contributed by atoms with E-state index in [9.17, 15) is 18.0 Å². The van der Waals surface area contributed by atoms with Crippen molar-refractivity contribution in [3.8, 4) is 0 Å². The minimum atomic E-state index is -4.42. The van der Waals surface area contributed by atoms with Crippen LogP contribution in [0.25, 0.3) is 0 Å². The predicted molar refractivity (Wildman–Crippen MR) is 78.2 cm³/mol. The summed E-state index contributed by atoms with van der Waals surface area (Å²) >= 11 is 0. The van der Waals surface area contributed by atoms with E-state index in [1.54, 1.807) is 12.1 Å². The van der Waals surface area contributed by atoms with Crippen molar-refractivity contribution in [2.24, 2.45) is 0 Å². The van der Waals surface area contributed by atoms with Crippen LogP contribution in [0.15, 0.2) is 36.4 Å². The Morgan fingerprint density at radius 1 is 1.00 bits per heavy atom. The lowest BCUT2D eigenvalue weighted by Crippen LogP contribution is -2.21. The van der Waals surface area contributed by atoms with Gasteiger partial charge in [-0.3, -0.25) is 9.69 Å². The molecule has 0 radical (unpaired) electrons. The molecule has 1 amide bonds. The number of benzene rings is 2. The summed E-state index contributed by atoms with van der Waals surface area (Å²) in [4.78, 5) is 13.6. The van der Waals surface area contributed by atoms with Gasteiger partial charge >= 0.3 is 6.18 Å². The molecule has 22 heavy (non-hydrogen) atoms. The molecule has 1 aliphatic rings. The van der Waals surface area contributed by atoms with E-state index in [1.807, 2.05) is 19.9 Å². The van der Waals surface area contributed by atoms with Crippen LogP contribution in [0.1, 0.15) is 22.3 Å². The third-order valence-corrected chi connectivity index (χ3v) is 3.71. The molecule has 1 aliphatic heterocycles. The second-order valence-electron chi connectivity index (χ2n) is 5.59. The van der Waals surface area contributed by atoms with Gasteiger partial charge in [0.2, 0.25) is 5.91 Å². The SMILES string of the molecule is Cc1cc(C)cc(N2C(=O)Cc3ccc(C(F)(F)F)cc32)c1. The number of anilines is 2. The third kappa shape index (κ3) is 2.47. The largest absolute Gasteiger partial charge is 0.416 e. The summed E-state index contributed by atoms with van der Waals surface area (Å²) in [5.41, 5.74) is 2.74. The lowest BCUT2D eigenvalue weighted by molar-refractivity contribution is -0.137. The molecule has 0 atom stereocenters. The quantitative estimate of drug-likeness (QED) is 0.757. The molecule has 0 bridgehead atoms. The number of alkyl halides is 3. The standard InChI is InChI=1S/C17H14F3NO/c1-10-5-11(2)7-14(6-10)21-15-9-13(17(18,19)20)4-3-12(15)8-16(21)22/h3-7,9H,8H2,1-2H3. The van der Waals surface area contributed by atoms with Crippen LogP contribution in [0.5, 0.6) is 0 Å². The van der Waals surface area contributed by atoms with Gasteiger partial charge in [-0.05, 0) is 54.8 Å². The van der Waals surface area contributed by atoms with Gasteiger partial charge in [-0.1, -0.05) is 12.1 Å². The Balaban J connectivity index is 2.14. The summed E-state index contributed by atoms with van der Waals surface area (Å²) in [5, 5.41) is 0. The van der Waals surface area contributed by atoms with Gasteiger partial charge in [0.15, 0.2) is 0 Å². The van der Waals surface area contributed by atoms with Crippen molar-refractivity contribution in [3.05, 3.63) is 58.7 Å². The number of nitrogens with zero attached hydrogens (tertiary/aromatic N) is 1. The Labute approximate surface area is 126 Å². The summed E-state index contributed by atoms with van der Waals surface area (Å²) < 4.78 is 38.7. The molecule has 0 saturated carbocycles. The van der Waals surface area contributed by atoms with Crippen LogP contribution >= 0.6 is 0 Å². The highest BCUT2D eigenvalue weighted by Crippen LogP contribution is 2.40. The lowest BCUT2D eigenvalue weighted by Gasteiger charge is -2.20. The molecule has 0 aliphatic carbocycles. The van der Waals surface area contributed by atoms with Gasteiger partial charge in [0.25, 0.3) is 0 Å². The summed E-state index contributed by atoms with van der Waals surface area (Å²) in [7, 11) is 0. The van der Waals surface area contributed by atoms with E-state index in [4.69, 9.17) is 0 Å². The van der Waals surface area contributed by atoms with Crippen molar-refractivity contribution in [2.45, 2.75) is 26.4 Å². The van der Waals surface area contributed by atoms with Gasteiger partial charge in [-0.2, -0.15) is 13.2 Å². The Hall–Kier alpha value is -2.30. The first-order valence-corrected chi connectivity index (χ1v) is 6.87. The molecular weight excluding hydrogens is 291 g/mol. The molecule has 2 nitrogen and oxygen atoms in total. The number of carbonyl (C=O) groups is 1. The van der Waals surface area contributed by atoms with Gasteiger partial charge in [-0.25, -0.2) is 0 Å². The molecule has 1 heterocycles. The van der Waals surface area contributed by atoms with Crippen molar-refractivity contribution < 1.29 is 18.0 Å². The van der Waals surface area contributed by atoms with Crippen molar-refractivity contribution in [1.29, 1.82) is 0 Å². The lowest BCUT2D eigenvalue weighted by atomic mass is 10.1. The van der Waals surface area contributed by atoms with Crippen LogP contribution in [0.2, 0.25) is 0 Å². The minimum absolute atomic E-state index is 0.125. The normalized spacial score (nSPS) is 14.4. The van der Waals surface area contributed by atoms with E-state index >= 15 is 0 Å². The first-order valence-electron chi connectivity index (χ1n) is 6.87. The van der Waals surface area contributed by atoms with E-state index in [0.717, 1.165) is 23.3 Å². The number of aryl methyl sites for hydroxylation is 2. The van der Waals surface area contributed by atoms with Crippen LogP contribution in [0, 0.1) is 13.8 Å². The minimum Gasteiger partial charge on any atom is -0.280 e. The molecule has 0 spiro atoms. The number of hydrogen-bond acceptors (Lipinski definition) is 1. The molecule has 3 rings (SSSR count). The Bertz CT molecular complexity index is 745. The number of carbonyl (C=O) groups excluding carboxylic acids is 1. The second kappa shape index (κ2) is 4.87. The van der Waals surface area contributed by atoms with E-state index in [1.165, 1.54) is 11.0 Å². The van der Waals surface area contributed by atoms with Crippen LogP contribution in [-0.4, -0.2) is 5.91 Å². The maximum absolute atomic E-state index is 12.9. The molecule has 2 aromatic carbocycles.